The van der Waals surface area contributed by atoms with Crippen molar-refractivity contribution in [3.05, 3.63) is 69.7 Å². The number of benzene rings is 2. The maximum atomic E-state index is 13.3. The molecule has 0 aromatic heterocycles. The summed E-state index contributed by atoms with van der Waals surface area (Å²) in [4.78, 5) is 0. The molecule has 0 saturated heterocycles. The first-order valence-corrected chi connectivity index (χ1v) is 7.23. The van der Waals surface area contributed by atoms with Crippen molar-refractivity contribution in [3.63, 3.8) is 0 Å². The highest BCUT2D eigenvalue weighted by Gasteiger charge is 2.11. The molecule has 0 radical (unpaired) electrons. The van der Waals surface area contributed by atoms with Gasteiger partial charge in [0.05, 0.1) is 0 Å². The van der Waals surface area contributed by atoms with E-state index >= 15 is 0 Å². The smallest absolute Gasteiger partial charge is 0.123 e. The van der Waals surface area contributed by atoms with E-state index in [2.05, 4.69) is 21.2 Å². The number of halogens is 3. The Morgan fingerprint density at radius 1 is 1.05 bits per heavy atom. The maximum Gasteiger partial charge on any atom is 0.123 e. The Morgan fingerprint density at radius 2 is 1.80 bits per heavy atom. The third-order valence-electron chi connectivity index (χ3n) is 3.25. The molecule has 0 amide bonds. The summed E-state index contributed by atoms with van der Waals surface area (Å²) < 4.78 is 27.4. The Bertz CT molecular complexity index is 586. The van der Waals surface area contributed by atoms with E-state index in [0.717, 1.165) is 15.6 Å². The SMILES string of the molecule is CNC(Cc1cccc(F)c1)Cc1cc(F)ccc1Br. The largest absolute Gasteiger partial charge is 0.316 e. The maximum absolute atomic E-state index is 13.3. The van der Waals surface area contributed by atoms with Crippen molar-refractivity contribution in [3.8, 4) is 0 Å². The molecule has 0 aliphatic rings. The van der Waals surface area contributed by atoms with Gasteiger partial charge < -0.3 is 5.32 Å². The van der Waals surface area contributed by atoms with Crippen LogP contribution < -0.4 is 5.32 Å². The van der Waals surface area contributed by atoms with Crippen molar-refractivity contribution in [1.29, 1.82) is 0 Å². The first kappa shape index (κ1) is 15.1. The van der Waals surface area contributed by atoms with Gasteiger partial charge in [-0.05, 0) is 61.3 Å². The molecule has 2 rings (SSSR count). The van der Waals surface area contributed by atoms with Gasteiger partial charge in [-0.15, -0.1) is 0 Å². The number of nitrogens with one attached hydrogen (secondary N) is 1. The predicted octanol–water partition coefficient (Wildman–Crippen LogP) is 4.10. The summed E-state index contributed by atoms with van der Waals surface area (Å²) in [5, 5.41) is 3.20. The third kappa shape index (κ3) is 4.12. The lowest BCUT2D eigenvalue weighted by molar-refractivity contribution is 0.548. The Kier molecular flexibility index (Phi) is 5.26. The molecule has 1 atom stereocenters. The van der Waals surface area contributed by atoms with Crippen LogP contribution in [-0.4, -0.2) is 13.1 Å². The Hall–Kier alpha value is -1.26. The fourth-order valence-electron chi connectivity index (χ4n) is 2.19. The second kappa shape index (κ2) is 6.95. The highest BCUT2D eigenvalue weighted by Crippen LogP contribution is 2.20. The summed E-state index contributed by atoms with van der Waals surface area (Å²) in [6.45, 7) is 0. The van der Waals surface area contributed by atoms with E-state index in [0.29, 0.717) is 12.8 Å². The van der Waals surface area contributed by atoms with Gasteiger partial charge in [-0.1, -0.05) is 28.1 Å². The zero-order valence-corrected chi connectivity index (χ0v) is 12.8. The van der Waals surface area contributed by atoms with Crippen molar-refractivity contribution < 1.29 is 8.78 Å². The van der Waals surface area contributed by atoms with E-state index in [1.165, 1.54) is 24.3 Å². The van der Waals surface area contributed by atoms with Crippen LogP contribution in [0.3, 0.4) is 0 Å². The molecule has 0 fully saturated rings. The van der Waals surface area contributed by atoms with Crippen molar-refractivity contribution >= 4 is 15.9 Å². The molecule has 0 heterocycles. The van der Waals surface area contributed by atoms with Crippen molar-refractivity contribution in [2.75, 3.05) is 7.05 Å². The Labute approximate surface area is 126 Å². The van der Waals surface area contributed by atoms with E-state index < -0.39 is 0 Å². The average Bonchev–Trinajstić information content (AvgIpc) is 2.42. The first-order valence-electron chi connectivity index (χ1n) is 6.44. The molecular weight excluding hydrogens is 324 g/mol. The molecule has 0 saturated carbocycles. The molecule has 4 heteroatoms. The first-order chi connectivity index (χ1) is 9.58. The summed E-state index contributed by atoms with van der Waals surface area (Å²) in [5.41, 5.74) is 1.83. The van der Waals surface area contributed by atoms with E-state index in [-0.39, 0.29) is 17.7 Å². The third-order valence-corrected chi connectivity index (χ3v) is 4.03. The standard InChI is InChI=1S/C16H16BrF2N/c1-20-15(8-11-3-2-4-13(18)7-11)10-12-9-14(19)5-6-16(12)17/h2-7,9,15,20H,8,10H2,1H3. The summed E-state index contributed by atoms with van der Waals surface area (Å²) >= 11 is 3.43. The van der Waals surface area contributed by atoms with Gasteiger partial charge in [0, 0.05) is 10.5 Å². The van der Waals surface area contributed by atoms with Gasteiger partial charge in [0.15, 0.2) is 0 Å². The van der Waals surface area contributed by atoms with Gasteiger partial charge in [-0.2, -0.15) is 0 Å². The van der Waals surface area contributed by atoms with E-state index in [1.807, 2.05) is 13.1 Å². The fourth-order valence-corrected chi connectivity index (χ4v) is 2.60. The molecule has 0 aliphatic carbocycles. The van der Waals surface area contributed by atoms with E-state index in [9.17, 15) is 8.78 Å². The summed E-state index contributed by atoms with van der Waals surface area (Å²) in [6, 6.07) is 11.3. The van der Waals surface area contributed by atoms with Crippen LogP contribution >= 0.6 is 15.9 Å². The molecule has 1 nitrogen and oxygen atoms in total. The van der Waals surface area contributed by atoms with E-state index in [4.69, 9.17) is 0 Å². The van der Waals surface area contributed by atoms with Gasteiger partial charge >= 0.3 is 0 Å². The number of likely N-dealkylation sites (N-methyl/N-ethyl adjacent to an activating group) is 1. The molecule has 1 unspecified atom stereocenters. The Balaban J connectivity index is 2.11. The molecule has 0 bridgehead atoms. The average molecular weight is 340 g/mol. The van der Waals surface area contributed by atoms with Gasteiger partial charge in [0.1, 0.15) is 11.6 Å². The predicted molar refractivity (Wildman–Crippen MR) is 80.8 cm³/mol. The molecule has 0 aliphatic heterocycles. The lowest BCUT2D eigenvalue weighted by Gasteiger charge is -2.17. The summed E-state index contributed by atoms with van der Waals surface area (Å²) in [5.74, 6) is -0.479. The molecule has 106 valence electrons. The van der Waals surface area contributed by atoms with Crippen molar-refractivity contribution in [2.24, 2.45) is 0 Å². The van der Waals surface area contributed by atoms with Crippen LogP contribution in [0.2, 0.25) is 0 Å². The summed E-state index contributed by atoms with van der Waals surface area (Å²) in [7, 11) is 1.86. The molecule has 1 N–H and O–H groups in total. The minimum Gasteiger partial charge on any atom is -0.316 e. The second-order valence-corrected chi connectivity index (χ2v) is 5.61. The monoisotopic (exact) mass is 339 g/mol. The van der Waals surface area contributed by atoms with Crippen LogP contribution in [-0.2, 0) is 12.8 Å². The molecule has 20 heavy (non-hydrogen) atoms. The quantitative estimate of drug-likeness (QED) is 0.864. The highest BCUT2D eigenvalue weighted by molar-refractivity contribution is 9.10. The van der Waals surface area contributed by atoms with Gasteiger partial charge in [0.2, 0.25) is 0 Å². The Morgan fingerprint density at radius 3 is 2.50 bits per heavy atom. The van der Waals surface area contributed by atoms with Gasteiger partial charge in [-0.25, -0.2) is 8.78 Å². The van der Waals surface area contributed by atoms with Crippen LogP contribution in [0.25, 0.3) is 0 Å². The van der Waals surface area contributed by atoms with E-state index in [1.54, 1.807) is 12.1 Å². The van der Waals surface area contributed by atoms with Crippen LogP contribution in [0, 0.1) is 11.6 Å². The second-order valence-electron chi connectivity index (χ2n) is 4.76. The minimum absolute atomic E-state index is 0.120. The van der Waals surface area contributed by atoms with Gasteiger partial charge in [0.25, 0.3) is 0 Å². The molecule has 2 aromatic carbocycles. The highest BCUT2D eigenvalue weighted by atomic mass is 79.9. The van der Waals surface area contributed by atoms with Crippen LogP contribution in [0.1, 0.15) is 11.1 Å². The minimum atomic E-state index is -0.246. The number of hydrogen-bond donors (Lipinski definition) is 1. The van der Waals surface area contributed by atoms with Gasteiger partial charge in [-0.3, -0.25) is 0 Å². The van der Waals surface area contributed by atoms with Crippen molar-refractivity contribution in [2.45, 2.75) is 18.9 Å². The topological polar surface area (TPSA) is 12.0 Å². The molecule has 0 spiro atoms. The molecular formula is C16H16BrF2N. The van der Waals surface area contributed by atoms with Crippen LogP contribution in [0.15, 0.2) is 46.9 Å². The zero-order valence-electron chi connectivity index (χ0n) is 11.2. The fraction of sp³-hybridized carbons (Fsp3) is 0.250. The zero-order chi connectivity index (χ0) is 14.5. The van der Waals surface area contributed by atoms with Crippen LogP contribution in [0.4, 0.5) is 8.78 Å². The lowest BCUT2D eigenvalue weighted by atomic mass is 9.99. The lowest BCUT2D eigenvalue weighted by Crippen LogP contribution is -2.30. The van der Waals surface area contributed by atoms with Crippen LogP contribution in [0.5, 0.6) is 0 Å². The number of hydrogen-bond acceptors (Lipinski definition) is 1. The molecule has 2 aromatic rings. The summed E-state index contributed by atoms with van der Waals surface area (Å²) in [6.07, 6.45) is 1.36. The van der Waals surface area contributed by atoms with Crippen molar-refractivity contribution in [1.82, 2.24) is 5.32 Å². The number of rotatable bonds is 5. The normalized spacial score (nSPS) is 12.4.